The Morgan fingerprint density at radius 1 is 1.22 bits per heavy atom. The Morgan fingerprint density at radius 2 is 1.97 bits per heavy atom. The van der Waals surface area contributed by atoms with Gasteiger partial charge in [-0.15, -0.1) is 0 Å². The third kappa shape index (κ3) is 4.26. The van der Waals surface area contributed by atoms with Gasteiger partial charge >= 0.3 is 6.18 Å². The molecule has 32 heavy (non-hydrogen) atoms. The first-order valence-corrected chi connectivity index (χ1v) is 12.7. The van der Waals surface area contributed by atoms with Gasteiger partial charge in [-0.2, -0.15) is 13.2 Å². The van der Waals surface area contributed by atoms with Crippen LogP contribution in [0, 0.1) is 5.41 Å². The first-order valence-electron chi connectivity index (χ1n) is 11.2. The summed E-state index contributed by atoms with van der Waals surface area (Å²) in [6.07, 6.45) is 4.40. The van der Waals surface area contributed by atoms with Gasteiger partial charge in [-0.25, -0.2) is 8.51 Å². The van der Waals surface area contributed by atoms with Crippen LogP contribution >= 0.6 is 0 Å². The zero-order valence-electron chi connectivity index (χ0n) is 18.2. The van der Waals surface area contributed by atoms with Gasteiger partial charge in [-0.05, 0) is 62.9 Å². The van der Waals surface area contributed by atoms with Crippen LogP contribution in [0.3, 0.4) is 0 Å². The zero-order chi connectivity index (χ0) is 22.5. The highest BCUT2D eigenvalue weighted by molar-refractivity contribution is 7.81. The monoisotopic (exact) mass is 467 g/mol. The average Bonchev–Trinajstić information content (AvgIpc) is 3.44. The molecule has 1 saturated heterocycles. The van der Waals surface area contributed by atoms with Gasteiger partial charge in [0.1, 0.15) is 5.76 Å². The molecule has 2 aromatic rings. The molecule has 0 aromatic carbocycles. The molecule has 2 aromatic heterocycles. The SMILES string of the molecule is CS(=O)N1CC=C(c2cc3cc(C4CCN(CC5(C(F)(F)F)CC5)CC4)oc3cn2)CC1. The summed E-state index contributed by atoms with van der Waals surface area (Å²) in [6.45, 7) is 2.88. The van der Waals surface area contributed by atoms with E-state index in [1.807, 2.05) is 15.3 Å². The molecule has 0 radical (unpaired) electrons. The Labute approximate surface area is 188 Å². The maximum atomic E-state index is 13.3. The molecule has 0 amide bonds. The second-order valence-electron chi connectivity index (χ2n) is 9.38. The summed E-state index contributed by atoms with van der Waals surface area (Å²) in [4.78, 5) is 6.54. The number of fused-ring (bicyclic) bond motifs is 1. The van der Waals surface area contributed by atoms with Crippen LogP contribution < -0.4 is 0 Å². The van der Waals surface area contributed by atoms with Gasteiger partial charge in [0, 0.05) is 37.2 Å². The third-order valence-electron chi connectivity index (χ3n) is 7.26. The molecular formula is C23H28F3N3O2S. The van der Waals surface area contributed by atoms with Crippen molar-refractivity contribution in [2.45, 2.75) is 44.2 Å². The number of furan rings is 1. The maximum absolute atomic E-state index is 13.3. The highest BCUT2D eigenvalue weighted by Crippen LogP contribution is 2.58. The average molecular weight is 468 g/mol. The number of alkyl halides is 3. The summed E-state index contributed by atoms with van der Waals surface area (Å²) in [5, 5.41) is 1.00. The molecular weight excluding hydrogens is 439 g/mol. The molecule has 2 aliphatic heterocycles. The summed E-state index contributed by atoms with van der Waals surface area (Å²) in [6, 6.07) is 4.11. The van der Waals surface area contributed by atoms with Gasteiger partial charge < -0.3 is 9.32 Å². The Kier molecular flexibility index (Phi) is 5.70. The van der Waals surface area contributed by atoms with Crippen molar-refractivity contribution < 1.29 is 21.8 Å². The summed E-state index contributed by atoms with van der Waals surface area (Å²) >= 11 is 0. The van der Waals surface area contributed by atoms with Crippen LogP contribution in [0.1, 0.15) is 49.5 Å². The van der Waals surface area contributed by atoms with Crippen LogP contribution in [0.25, 0.3) is 16.5 Å². The van der Waals surface area contributed by atoms with E-state index in [1.165, 1.54) is 0 Å². The van der Waals surface area contributed by atoms with Crippen molar-refractivity contribution in [3.8, 4) is 0 Å². The van der Waals surface area contributed by atoms with Gasteiger partial charge in [0.05, 0.1) is 28.3 Å². The number of nitrogens with zero attached hydrogens (tertiary/aromatic N) is 3. The molecule has 1 unspecified atom stereocenters. The number of halogens is 3. The van der Waals surface area contributed by atoms with Gasteiger partial charge in [0.2, 0.25) is 0 Å². The minimum absolute atomic E-state index is 0.134. The molecule has 0 N–H and O–H groups in total. The van der Waals surface area contributed by atoms with Crippen molar-refractivity contribution in [3.63, 3.8) is 0 Å². The lowest BCUT2D eigenvalue weighted by atomic mass is 9.93. The highest BCUT2D eigenvalue weighted by atomic mass is 32.2. The van der Waals surface area contributed by atoms with Crippen LogP contribution in [-0.2, 0) is 11.0 Å². The quantitative estimate of drug-likeness (QED) is 0.638. The fraction of sp³-hybridized carbons (Fsp3) is 0.609. The molecule has 0 bridgehead atoms. The minimum Gasteiger partial charge on any atom is -0.459 e. The summed E-state index contributed by atoms with van der Waals surface area (Å²) in [7, 11) is -0.961. The topological polar surface area (TPSA) is 49.6 Å². The third-order valence-corrected chi connectivity index (χ3v) is 8.32. The first-order chi connectivity index (χ1) is 15.2. The second-order valence-corrected chi connectivity index (χ2v) is 10.7. The van der Waals surface area contributed by atoms with Crippen LogP contribution in [0.5, 0.6) is 0 Å². The summed E-state index contributed by atoms with van der Waals surface area (Å²) in [5.41, 5.74) is 1.36. The Bertz CT molecular complexity index is 1050. The number of pyridine rings is 1. The second kappa shape index (κ2) is 8.25. The molecule has 2 fully saturated rings. The molecule has 5 nitrogen and oxygen atoms in total. The van der Waals surface area contributed by atoms with E-state index in [4.69, 9.17) is 4.42 Å². The van der Waals surface area contributed by atoms with E-state index >= 15 is 0 Å². The maximum Gasteiger partial charge on any atom is 0.395 e. The van der Waals surface area contributed by atoms with Crippen molar-refractivity contribution in [1.29, 1.82) is 0 Å². The van der Waals surface area contributed by atoms with E-state index in [0.29, 0.717) is 19.6 Å². The van der Waals surface area contributed by atoms with Gasteiger partial charge in [0.15, 0.2) is 5.58 Å². The lowest BCUT2D eigenvalue weighted by Crippen LogP contribution is -2.42. The Morgan fingerprint density at radius 3 is 2.56 bits per heavy atom. The van der Waals surface area contributed by atoms with Crippen LogP contribution in [-0.4, -0.2) is 63.6 Å². The smallest absolute Gasteiger partial charge is 0.395 e. The van der Waals surface area contributed by atoms with Gasteiger partial charge in [-0.3, -0.25) is 4.98 Å². The van der Waals surface area contributed by atoms with Crippen LogP contribution in [0.4, 0.5) is 13.2 Å². The molecule has 4 heterocycles. The fourth-order valence-electron chi connectivity index (χ4n) is 4.95. The summed E-state index contributed by atoms with van der Waals surface area (Å²) < 4.78 is 59.4. The first kappa shape index (κ1) is 22.1. The van der Waals surface area contributed by atoms with E-state index < -0.39 is 22.6 Å². The normalized spacial score (nSPS) is 23.9. The number of hydrogen-bond donors (Lipinski definition) is 0. The van der Waals surface area contributed by atoms with Gasteiger partial charge in [-0.1, -0.05) is 6.08 Å². The predicted octanol–water partition coefficient (Wildman–Crippen LogP) is 4.73. The molecule has 5 rings (SSSR count). The molecule has 1 aliphatic carbocycles. The Balaban J connectivity index is 1.24. The highest BCUT2D eigenvalue weighted by Gasteiger charge is 2.63. The number of hydrogen-bond acceptors (Lipinski definition) is 4. The van der Waals surface area contributed by atoms with Crippen molar-refractivity contribution in [2.24, 2.45) is 5.41 Å². The Hall–Kier alpha value is -1.71. The van der Waals surface area contributed by atoms with Crippen molar-refractivity contribution in [1.82, 2.24) is 14.2 Å². The lowest BCUT2D eigenvalue weighted by Gasteiger charge is -2.34. The van der Waals surface area contributed by atoms with Crippen molar-refractivity contribution in [3.05, 3.63) is 35.9 Å². The number of likely N-dealkylation sites (tertiary alicyclic amines) is 1. The molecule has 3 aliphatic rings. The molecule has 174 valence electrons. The number of piperidine rings is 1. The molecule has 1 atom stereocenters. The largest absolute Gasteiger partial charge is 0.459 e. The number of rotatable bonds is 5. The molecule has 9 heteroatoms. The van der Waals surface area contributed by atoms with E-state index in [0.717, 1.165) is 53.8 Å². The van der Waals surface area contributed by atoms with Crippen LogP contribution in [0.2, 0.25) is 0 Å². The predicted molar refractivity (Wildman–Crippen MR) is 118 cm³/mol. The molecule has 0 spiro atoms. The van der Waals surface area contributed by atoms with Crippen molar-refractivity contribution >= 4 is 27.5 Å². The lowest BCUT2D eigenvalue weighted by molar-refractivity contribution is -0.192. The standard InChI is InChI=1S/C23H28F3N3O2S/c1-32(30)29-10-4-16(5-11-29)19-12-18-13-20(31-21(18)14-27-19)17-2-8-28(9-3-17)15-22(6-7-22)23(24,25)26/h4,12-14,17H,2-3,5-11,15H2,1H3. The van der Waals surface area contributed by atoms with E-state index in [1.54, 1.807) is 12.5 Å². The van der Waals surface area contributed by atoms with Crippen molar-refractivity contribution in [2.75, 3.05) is 39.0 Å². The minimum atomic E-state index is -4.09. The number of aromatic nitrogens is 1. The van der Waals surface area contributed by atoms with E-state index in [9.17, 15) is 17.4 Å². The molecule has 1 saturated carbocycles. The zero-order valence-corrected chi connectivity index (χ0v) is 19.0. The summed E-state index contributed by atoms with van der Waals surface area (Å²) in [5.74, 6) is 1.13. The fourth-order valence-corrected chi connectivity index (χ4v) is 5.58. The van der Waals surface area contributed by atoms with E-state index in [-0.39, 0.29) is 25.3 Å². The van der Waals surface area contributed by atoms with Gasteiger partial charge in [0.25, 0.3) is 0 Å². The van der Waals surface area contributed by atoms with Crippen LogP contribution in [0.15, 0.2) is 28.8 Å². The van der Waals surface area contributed by atoms with E-state index in [2.05, 4.69) is 17.1 Å².